The number of rotatable bonds is 5. The fraction of sp³-hybridized carbons (Fsp3) is 0.346. The average molecular weight is 437 g/mol. The molecule has 0 saturated heterocycles. The normalized spacial score (nSPS) is 15.4. The van der Waals surface area contributed by atoms with Crippen molar-refractivity contribution in [2.45, 2.75) is 52.2 Å². The van der Waals surface area contributed by atoms with Crippen molar-refractivity contribution in [2.75, 3.05) is 7.11 Å². The molecule has 0 fully saturated rings. The van der Waals surface area contributed by atoms with Crippen LogP contribution in [0.4, 0.5) is 0 Å². The second-order valence-corrected chi connectivity index (χ2v) is 9.00. The van der Waals surface area contributed by atoms with Crippen LogP contribution in [-0.2, 0) is 12.8 Å². The fourth-order valence-electron chi connectivity index (χ4n) is 4.01. The molecule has 6 heteroatoms. The average Bonchev–Trinajstić information content (AvgIpc) is 3.20. The maximum absolute atomic E-state index is 13.5. The highest BCUT2D eigenvalue weighted by Crippen LogP contribution is 2.46. The molecule has 4 rings (SSSR count). The van der Waals surface area contributed by atoms with Crippen molar-refractivity contribution < 1.29 is 24.1 Å². The predicted molar refractivity (Wildman–Crippen MR) is 124 cm³/mol. The number of methoxy groups -OCH3 is 1. The molecular weight excluding hydrogens is 408 g/mol. The summed E-state index contributed by atoms with van der Waals surface area (Å²) in [5, 5.41) is 21.8. The molecule has 0 amide bonds. The maximum Gasteiger partial charge on any atom is 0.204 e. The molecule has 1 aliphatic rings. The van der Waals surface area contributed by atoms with Gasteiger partial charge in [-0.3, -0.25) is 4.79 Å². The Labute approximate surface area is 186 Å². The van der Waals surface area contributed by atoms with Crippen LogP contribution < -0.4 is 14.9 Å². The summed E-state index contributed by atoms with van der Waals surface area (Å²) in [7, 11) is 1.58. The molecule has 32 heavy (non-hydrogen) atoms. The highest BCUT2D eigenvalue weighted by Gasteiger charge is 2.39. The van der Waals surface area contributed by atoms with Crippen molar-refractivity contribution in [2.24, 2.45) is 0 Å². The van der Waals surface area contributed by atoms with Crippen molar-refractivity contribution in [1.82, 2.24) is 0 Å². The van der Waals surface area contributed by atoms with Crippen molar-refractivity contribution in [3.63, 3.8) is 0 Å². The van der Waals surface area contributed by atoms with Crippen LogP contribution in [0.3, 0.4) is 0 Å². The zero-order valence-electron chi connectivity index (χ0n) is 19.0. The quantitative estimate of drug-likeness (QED) is 0.561. The van der Waals surface area contributed by atoms with Gasteiger partial charge in [-0.15, -0.1) is 0 Å². The summed E-state index contributed by atoms with van der Waals surface area (Å²) < 4.78 is 17.2. The lowest BCUT2D eigenvalue weighted by atomic mass is 9.93. The molecule has 0 unspecified atom stereocenters. The Morgan fingerprint density at radius 2 is 1.94 bits per heavy atom. The monoisotopic (exact) mass is 436 g/mol. The third kappa shape index (κ3) is 3.75. The van der Waals surface area contributed by atoms with Gasteiger partial charge in [-0.2, -0.15) is 0 Å². The molecule has 1 atom stereocenters. The van der Waals surface area contributed by atoms with Crippen LogP contribution in [0, 0.1) is 0 Å². The number of aliphatic hydroxyl groups is 1. The summed E-state index contributed by atoms with van der Waals surface area (Å²) in [5.74, 6) is 1.02. The first-order valence-electron chi connectivity index (χ1n) is 10.6. The topological polar surface area (TPSA) is 89.1 Å². The number of phenolic OH excluding ortho intramolecular Hbond substituents is 1. The highest BCUT2D eigenvalue weighted by atomic mass is 16.5. The van der Waals surface area contributed by atoms with Gasteiger partial charge in [0.25, 0.3) is 0 Å². The standard InChI is InChI=1S/C26H28O6/c1-14(2)6-11-17-24-18(12-20(32-24)26(3,4)29)22(27)21-23(28)19(13-31-25(17)21)15-7-9-16(30-5)10-8-15/h6-10,13,20,27,29H,11-12H2,1-5H3/t20-/m1/s1. The van der Waals surface area contributed by atoms with E-state index < -0.39 is 11.7 Å². The number of allylic oxidation sites excluding steroid dienone is 2. The van der Waals surface area contributed by atoms with Crippen molar-refractivity contribution >= 4 is 11.0 Å². The second kappa shape index (κ2) is 8.02. The predicted octanol–water partition coefficient (Wildman–Crippen LogP) is 4.76. The number of hydrogen-bond donors (Lipinski definition) is 2. The van der Waals surface area contributed by atoms with E-state index in [1.165, 1.54) is 6.26 Å². The summed E-state index contributed by atoms with van der Waals surface area (Å²) in [6.07, 6.45) is 3.68. The van der Waals surface area contributed by atoms with E-state index in [0.29, 0.717) is 52.2 Å². The van der Waals surface area contributed by atoms with Crippen LogP contribution in [0.1, 0.15) is 38.8 Å². The minimum atomic E-state index is -1.11. The highest BCUT2D eigenvalue weighted by molar-refractivity contribution is 5.93. The number of aromatic hydroxyl groups is 1. The Hall–Kier alpha value is -3.25. The van der Waals surface area contributed by atoms with E-state index in [0.717, 1.165) is 5.57 Å². The minimum absolute atomic E-state index is 0.134. The number of hydrogen-bond acceptors (Lipinski definition) is 6. The van der Waals surface area contributed by atoms with Crippen LogP contribution in [0.5, 0.6) is 17.2 Å². The smallest absolute Gasteiger partial charge is 0.204 e. The molecule has 0 saturated carbocycles. The molecule has 6 nitrogen and oxygen atoms in total. The number of ether oxygens (including phenoxy) is 2. The summed E-state index contributed by atoms with van der Waals surface area (Å²) >= 11 is 0. The van der Waals surface area contributed by atoms with Crippen LogP contribution in [0.15, 0.2) is 51.4 Å². The molecule has 1 aliphatic heterocycles. The fourth-order valence-corrected chi connectivity index (χ4v) is 4.01. The lowest BCUT2D eigenvalue weighted by Crippen LogP contribution is -2.39. The van der Waals surface area contributed by atoms with Crippen LogP contribution >= 0.6 is 0 Å². The Kier molecular flexibility index (Phi) is 5.51. The summed E-state index contributed by atoms with van der Waals surface area (Å²) in [6, 6.07) is 7.09. The first-order valence-corrected chi connectivity index (χ1v) is 10.6. The lowest BCUT2D eigenvalue weighted by Gasteiger charge is -2.24. The van der Waals surface area contributed by atoms with Gasteiger partial charge >= 0.3 is 0 Å². The molecule has 168 valence electrons. The molecular formula is C26H28O6. The zero-order valence-corrected chi connectivity index (χ0v) is 19.0. The Bertz CT molecular complexity index is 1250. The van der Waals surface area contributed by atoms with Crippen molar-refractivity contribution in [3.8, 4) is 28.4 Å². The molecule has 2 aromatic carbocycles. The van der Waals surface area contributed by atoms with Crippen molar-refractivity contribution in [3.05, 3.63) is 63.5 Å². The van der Waals surface area contributed by atoms with Gasteiger partial charge in [0.1, 0.15) is 40.6 Å². The molecule has 1 aromatic heterocycles. The molecule has 0 bridgehead atoms. The van der Waals surface area contributed by atoms with Gasteiger partial charge in [-0.25, -0.2) is 0 Å². The maximum atomic E-state index is 13.5. The number of benzene rings is 2. The molecule has 2 heterocycles. The van der Waals surface area contributed by atoms with E-state index in [1.54, 1.807) is 45.2 Å². The van der Waals surface area contributed by atoms with Gasteiger partial charge in [0.2, 0.25) is 5.43 Å². The van der Waals surface area contributed by atoms with E-state index >= 15 is 0 Å². The van der Waals surface area contributed by atoms with Gasteiger partial charge in [-0.05, 0) is 51.8 Å². The number of phenols is 1. The summed E-state index contributed by atoms with van der Waals surface area (Å²) in [6.45, 7) is 7.31. The van der Waals surface area contributed by atoms with E-state index in [-0.39, 0.29) is 16.6 Å². The zero-order chi connectivity index (χ0) is 23.2. The van der Waals surface area contributed by atoms with Gasteiger partial charge in [-0.1, -0.05) is 23.8 Å². The Morgan fingerprint density at radius 1 is 1.25 bits per heavy atom. The molecule has 2 N–H and O–H groups in total. The molecule has 0 radical (unpaired) electrons. The van der Waals surface area contributed by atoms with Gasteiger partial charge in [0, 0.05) is 17.5 Å². The number of fused-ring (bicyclic) bond motifs is 2. The first-order chi connectivity index (χ1) is 15.1. The minimum Gasteiger partial charge on any atom is -0.507 e. The Balaban J connectivity index is 1.96. The summed E-state index contributed by atoms with van der Waals surface area (Å²) in [5.41, 5.74) is 2.21. The van der Waals surface area contributed by atoms with Gasteiger partial charge in [0.05, 0.1) is 18.3 Å². The SMILES string of the molecule is COc1ccc(-c2coc3c(CC=C(C)C)c4c(c(O)c3c2=O)C[C@H](C(C)(C)O)O4)cc1. The van der Waals surface area contributed by atoms with Crippen LogP contribution in [0.25, 0.3) is 22.1 Å². The summed E-state index contributed by atoms with van der Waals surface area (Å²) in [4.78, 5) is 13.5. The van der Waals surface area contributed by atoms with Gasteiger partial charge in [0.15, 0.2) is 0 Å². The van der Waals surface area contributed by atoms with E-state index in [9.17, 15) is 15.0 Å². The molecule has 0 spiro atoms. The molecule has 0 aliphatic carbocycles. The van der Waals surface area contributed by atoms with E-state index in [4.69, 9.17) is 13.9 Å². The van der Waals surface area contributed by atoms with Gasteiger partial charge < -0.3 is 24.1 Å². The third-order valence-corrected chi connectivity index (χ3v) is 5.89. The van der Waals surface area contributed by atoms with Crippen LogP contribution in [-0.4, -0.2) is 29.0 Å². The lowest BCUT2D eigenvalue weighted by molar-refractivity contribution is -0.0232. The first kappa shape index (κ1) is 22.0. The second-order valence-electron chi connectivity index (χ2n) is 9.00. The third-order valence-electron chi connectivity index (χ3n) is 5.89. The molecule has 3 aromatic rings. The van der Waals surface area contributed by atoms with Crippen molar-refractivity contribution in [1.29, 1.82) is 0 Å². The van der Waals surface area contributed by atoms with Crippen LogP contribution in [0.2, 0.25) is 0 Å². The van der Waals surface area contributed by atoms with E-state index in [2.05, 4.69) is 0 Å². The largest absolute Gasteiger partial charge is 0.507 e. The van der Waals surface area contributed by atoms with E-state index in [1.807, 2.05) is 19.9 Å². The Morgan fingerprint density at radius 3 is 2.53 bits per heavy atom.